The van der Waals surface area contributed by atoms with Crippen LogP contribution in [-0.2, 0) is 25.4 Å². The van der Waals surface area contributed by atoms with Crippen LogP contribution in [0.2, 0.25) is 0 Å². The number of halogens is 6. The highest BCUT2D eigenvalue weighted by Crippen LogP contribution is 2.37. The first-order valence-electron chi connectivity index (χ1n) is 10.6. The molecule has 0 aliphatic heterocycles. The van der Waals surface area contributed by atoms with Crippen LogP contribution in [0, 0.1) is 0 Å². The molecule has 0 atom stereocenters. The first-order valence-corrected chi connectivity index (χ1v) is 11.5. The highest BCUT2D eigenvalue weighted by atomic mass is 32.1. The monoisotopic (exact) mass is 520 g/mol. The molecule has 0 saturated carbocycles. The Kier molecular flexibility index (Phi) is 7.16. The predicted molar refractivity (Wildman–Crippen MR) is 124 cm³/mol. The summed E-state index contributed by atoms with van der Waals surface area (Å²) in [5.41, 5.74) is -0.692. The van der Waals surface area contributed by atoms with Gasteiger partial charge in [0.15, 0.2) is 0 Å². The van der Waals surface area contributed by atoms with Gasteiger partial charge in [0.1, 0.15) is 0 Å². The number of alkyl halides is 6. The number of aromatic nitrogens is 1. The highest BCUT2D eigenvalue weighted by molar-refractivity contribution is 7.08. The van der Waals surface area contributed by atoms with Crippen LogP contribution in [0.4, 0.5) is 26.3 Å². The molecule has 2 aromatic heterocycles. The van der Waals surface area contributed by atoms with Gasteiger partial charge < -0.3 is 4.90 Å². The second-order valence-corrected chi connectivity index (χ2v) is 8.77. The van der Waals surface area contributed by atoms with Gasteiger partial charge in [-0.2, -0.15) is 37.7 Å². The minimum atomic E-state index is -4.98. The van der Waals surface area contributed by atoms with E-state index in [1.165, 1.54) is 22.4 Å². The van der Waals surface area contributed by atoms with Gasteiger partial charge in [-0.05, 0) is 58.0 Å². The Morgan fingerprint density at radius 1 is 0.861 bits per heavy atom. The number of rotatable bonds is 6. The molecule has 0 N–H and O–H groups in total. The number of hydrogen-bond acceptors (Lipinski definition) is 3. The molecule has 0 aliphatic carbocycles. The summed E-state index contributed by atoms with van der Waals surface area (Å²) in [4.78, 5) is 18.6. The number of amides is 1. The Morgan fingerprint density at radius 2 is 1.53 bits per heavy atom. The standard InChI is InChI=1S/C26H18F6N2OS/c27-25(28,29)21-10-17(11-22(12-21)26(30,31)32)14-34(24(35)19-7-9-36-16-19)15-20-13-33-8-6-23(20)18-4-2-1-3-5-18/h1-13,16H,14-15H2. The number of benzene rings is 2. The van der Waals surface area contributed by atoms with Gasteiger partial charge in [-0.3, -0.25) is 9.78 Å². The number of carbonyl (C=O) groups excluding carboxylic acids is 1. The van der Waals surface area contributed by atoms with E-state index in [0.29, 0.717) is 17.7 Å². The van der Waals surface area contributed by atoms with Crippen LogP contribution in [-0.4, -0.2) is 15.8 Å². The Bertz CT molecular complexity index is 1300. The quantitative estimate of drug-likeness (QED) is 0.244. The van der Waals surface area contributed by atoms with Crippen LogP contribution in [0.3, 0.4) is 0 Å². The lowest BCUT2D eigenvalue weighted by Gasteiger charge is -2.25. The summed E-state index contributed by atoms with van der Waals surface area (Å²) in [5.74, 6) is -0.523. The molecule has 3 nitrogen and oxygen atoms in total. The average Bonchev–Trinajstić information content (AvgIpc) is 3.38. The molecule has 10 heteroatoms. The lowest BCUT2D eigenvalue weighted by Crippen LogP contribution is -2.30. The van der Waals surface area contributed by atoms with E-state index in [2.05, 4.69) is 4.98 Å². The number of carbonyl (C=O) groups is 1. The molecule has 2 heterocycles. The first-order chi connectivity index (χ1) is 17.0. The van der Waals surface area contributed by atoms with Crippen LogP contribution in [0.15, 0.2) is 83.8 Å². The molecule has 186 valence electrons. The van der Waals surface area contributed by atoms with Crippen molar-refractivity contribution in [3.8, 4) is 11.1 Å². The van der Waals surface area contributed by atoms with Gasteiger partial charge in [0.25, 0.3) is 5.91 Å². The summed E-state index contributed by atoms with van der Waals surface area (Å²) in [7, 11) is 0. The molecule has 4 aromatic rings. The third kappa shape index (κ3) is 5.93. The third-order valence-electron chi connectivity index (χ3n) is 5.43. The van der Waals surface area contributed by atoms with Crippen molar-refractivity contribution in [2.45, 2.75) is 25.4 Å². The molecular formula is C26H18F6N2OS. The summed E-state index contributed by atoms with van der Waals surface area (Å²) in [5, 5.41) is 3.24. The van der Waals surface area contributed by atoms with E-state index >= 15 is 0 Å². The van der Waals surface area contributed by atoms with E-state index in [4.69, 9.17) is 0 Å². The smallest absolute Gasteiger partial charge is 0.330 e. The molecule has 0 aliphatic rings. The van der Waals surface area contributed by atoms with E-state index in [1.807, 2.05) is 30.3 Å². The van der Waals surface area contributed by atoms with Gasteiger partial charge in [0.2, 0.25) is 0 Å². The highest BCUT2D eigenvalue weighted by Gasteiger charge is 2.37. The van der Waals surface area contributed by atoms with E-state index in [0.717, 1.165) is 11.1 Å². The maximum absolute atomic E-state index is 13.4. The van der Waals surface area contributed by atoms with Crippen molar-refractivity contribution in [3.63, 3.8) is 0 Å². The van der Waals surface area contributed by atoms with Gasteiger partial charge in [-0.15, -0.1) is 0 Å². The van der Waals surface area contributed by atoms with Gasteiger partial charge in [0, 0.05) is 30.9 Å². The van der Waals surface area contributed by atoms with Gasteiger partial charge in [-0.1, -0.05) is 30.3 Å². The first kappa shape index (κ1) is 25.4. The lowest BCUT2D eigenvalue weighted by atomic mass is 10.0. The number of pyridine rings is 1. The van der Waals surface area contributed by atoms with Crippen molar-refractivity contribution in [2.75, 3.05) is 0 Å². The Hall–Kier alpha value is -3.66. The van der Waals surface area contributed by atoms with Gasteiger partial charge >= 0.3 is 12.4 Å². The summed E-state index contributed by atoms with van der Waals surface area (Å²) in [6, 6.07) is 13.8. The van der Waals surface area contributed by atoms with Crippen LogP contribution in [0.5, 0.6) is 0 Å². The Balaban J connectivity index is 1.76. The van der Waals surface area contributed by atoms with Crippen molar-refractivity contribution < 1.29 is 31.1 Å². The van der Waals surface area contributed by atoms with Crippen molar-refractivity contribution in [1.29, 1.82) is 0 Å². The average molecular weight is 520 g/mol. The van der Waals surface area contributed by atoms with E-state index in [-0.39, 0.29) is 23.7 Å². The second-order valence-electron chi connectivity index (χ2n) is 7.99. The minimum Gasteiger partial charge on any atom is -0.330 e. The molecular weight excluding hydrogens is 502 g/mol. The maximum Gasteiger partial charge on any atom is 0.416 e. The number of nitrogens with zero attached hydrogens (tertiary/aromatic N) is 2. The zero-order valence-corrected chi connectivity index (χ0v) is 19.3. The van der Waals surface area contributed by atoms with Gasteiger partial charge in [0.05, 0.1) is 16.7 Å². The number of thiophene rings is 1. The molecule has 0 bridgehead atoms. The van der Waals surface area contributed by atoms with E-state index in [1.54, 1.807) is 29.1 Å². The summed E-state index contributed by atoms with van der Waals surface area (Å²) >= 11 is 1.25. The number of hydrogen-bond donors (Lipinski definition) is 0. The normalized spacial score (nSPS) is 11.9. The molecule has 2 aromatic carbocycles. The fourth-order valence-corrected chi connectivity index (χ4v) is 4.39. The van der Waals surface area contributed by atoms with Crippen molar-refractivity contribution in [3.05, 3.63) is 112 Å². The predicted octanol–water partition coefficient (Wildman–Crippen LogP) is 7.69. The molecule has 0 spiro atoms. The fourth-order valence-electron chi connectivity index (χ4n) is 3.76. The second kappa shape index (κ2) is 10.1. The molecule has 4 rings (SSSR count). The largest absolute Gasteiger partial charge is 0.416 e. The molecule has 0 radical (unpaired) electrons. The van der Waals surface area contributed by atoms with Crippen molar-refractivity contribution >= 4 is 17.2 Å². The summed E-state index contributed by atoms with van der Waals surface area (Å²) in [6.07, 6.45) is -6.87. The van der Waals surface area contributed by atoms with Gasteiger partial charge in [-0.25, -0.2) is 0 Å². The fraction of sp³-hybridized carbons (Fsp3) is 0.154. The Labute approximate surface area is 206 Å². The molecule has 1 amide bonds. The summed E-state index contributed by atoms with van der Waals surface area (Å²) < 4.78 is 80.3. The molecule has 0 saturated heterocycles. The summed E-state index contributed by atoms with van der Waals surface area (Å²) in [6.45, 7) is -0.546. The van der Waals surface area contributed by atoms with Crippen LogP contribution < -0.4 is 0 Å². The lowest BCUT2D eigenvalue weighted by molar-refractivity contribution is -0.143. The SMILES string of the molecule is O=C(c1ccsc1)N(Cc1cc(C(F)(F)F)cc(C(F)(F)F)c1)Cc1cnccc1-c1ccccc1. The third-order valence-corrected chi connectivity index (χ3v) is 6.11. The molecule has 36 heavy (non-hydrogen) atoms. The van der Waals surface area contributed by atoms with Crippen LogP contribution in [0.1, 0.15) is 32.6 Å². The van der Waals surface area contributed by atoms with Crippen molar-refractivity contribution in [2.24, 2.45) is 0 Å². The topological polar surface area (TPSA) is 33.2 Å². The van der Waals surface area contributed by atoms with Crippen molar-refractivity contribution in [1.82, 2.24) is 9.88 Å². The van der Waals surface area contributed by atoms with E-state index in [9.17, 15) is 31.1 Å². The minimum absolute atomic E-state index is 0.0726. The van der Waals surface area contributed by atoms with Crippen LogP contribution in [0.25, 0.3) is 11.1 Å². The Morgan fingerprint density at radius 3 is 2.11 bits per heavy atom. The zero-order valence-electron chi connectivity index (χ0n) is 18.5. The molecule has 0 unspecified atom stereocenters. The zero-order chi connectivity index (χ0) is 25.9. The van der Waals surface area contributed by atoms with E-state index < -0.39 is 35.9 Å². The van der Waals surface area contributed by atoms with Crippen LogP contribution >= 0.6 is 11.3 Å². The maximum atomic E-state index is 13.4. The molecule has 0 fully saturated rings.